The zero-order chi connectivity index (χ0) is 73.5. The Bertz CT molecular complexity index is 1780. The van der Waals surface area contributed by atoms with E-state index in [1.165, 1.54) is 0 Å². The third-order valence-corrected chi connectivity index (χ3v) is 9.23. The Kier molecular flexibility index (Phi) is 47.6. The number of carbonyl (C=O) groups is 8. The summed E-state index contributed by atoms with van der Waals surface area (Å²) in [5.74, 6) is -0.934. The van der Waals surface area contributed by atoms with Gasteiger partial charge in [0.15, 0.2) is 0 Å². The molecule has 18 heteroatoms. The van der Waals surface area contributed by atoms with Crippen molar-refractivity contribution in [1.82, 2.24) is 0 Å². The Morgan fingerprint density at radius 1 is 0.227 bits per heavy atom. The Labute approximate surface area is 540 Å². The fourth-order valence-corrected chi connectivity index (χ4v) is 4.07. The van der Waals surface area contributed by atoms with Crippen LogP contribution in [0.5, 0.6) is 0 Å². The van der Waals surface area contributed by atoms with E-state index in [0.717, 1.165) is 0 Å². The first-order chi connectivity index (χ1) is 38.0. The molecule has 88 heavy (non-hydrogen) atoms. The van der Waals surface area contributed by atoms with Gasteiger partial charge >= 0.3 is 47.8 Å². The fraction of sp³-hybridized carbons (Fsp3) is 0.886. The number of ether oxygens (including phenoxy) is 8. The van der Waals surface area contributed by atoms with Crippen molar-refractivity contribution >= 4 is 47.8 Å². The molecule has 4 N–H and O–H groups in total. The SMILES string of the molecule is CC(C)(C)OC(=O)C(C)(C)C.CC(C)(C)OC(=O)C(C)(C)C.CC(C)C(=O)OC(C)(C)C.CC(C)C(=O)OC(C)(C)C.CC(C)C(=O)OC(C)(C)C.CC(C)C(C)C(=O)OC(C)(C)C.CC(C)[C@@H](N)C(=O)OC(C)(C)C.CC(C)[C@H](N)C(=O)OC(C)(C)C. The first-order valence-electron chi connectivity index (χ1n) is 31.3. The van der Waals surface area contributed by atoms with Crippen LogP contribution < -0.4 is 11.5 Å². The standard InChI is InChI=1S/C10H20O2.2C9H19NO2.2C9H18O2.3C8H16O2/c1-7(2)8(3)9(11)12-10(4,5)6;2*1-6(2)7(10)8(11)12-9(3,4)5;2*1-8(2,3)7(10)11-9(4,5)6;3*1-6(2)7(9)10-8(3,4)5/h7-8H,1-6H3;2*6-7H,10H2,1-5H3;2*1-6H3;3*6H,1-5H3/t;2*7-;;;;;/m.10...../s1. The van der Waals surface area contributed by atoms with E-state index in [4.69, 9.17) is 49.4 Å². The maximum absolute atomic E-state index is 11.4. The Balaban J connectivity index is -0.000000139. The third-order valence-electron chi connectivity index (χ3n) is 9.23. The van der Waals surface area contributed by atoms with Crippen LogP contribution in [0.3, 0.4) is 0 Å². The van der Waals surface area contributed by atoms with Gasteiger partial charge in [-0.1, -0.05) is 90.0 Å². The van der Waals surface area contributed by atoms with Crippen LogP contribution in [-0.4, -0.2) is 105 Å². The molecule has 0 fully saturated rings. The molecule has 0 spiro atoms. The zero-order valence-electron chi connectivity index (χ0n) is 64.9. The molecule has 0 amide bonds. The predicted molar refractivity (Wildman–Crippen MR) is 360 cm³/mol. The molecule has 0 radical (unpaired) electrons. The van der Waals surface area contributed by atoms with Crippen molar-refractivity contribution in [2.45, 2.75) is 355 Å². The summed E-state index contributed by atoms with van der Waals surface area (Å²) < 4.78 is 40.9. The van der Waals surface area contributed by atoms with E-state index < -0.39 is 34.1 Å². The second-order valence-corrected chi connectivity index (χ2v) is 33.7. The molecule has 0 rings (SSSR count). The molecule has 1 unspecified atom stereocenters. The highest BCUT2D eigenvalue weighted by atomic mass is 16.6. The summed E-state index contributed by atoms with van der Waals surface area (Å²) in [6, 6.07) is -1.02. The molecule has 0 saturated carbocycles. The van der Waals surface area contributed by atoms with Crippen LogP contribution in [0.15, 0.2) is 0 Å². The van der Waals surface area contributed by atoms with Gasteiger partial charge < -0.3 is 49.4 Å². The quantitative estimate of drug-likeness (QED) is 0.160. The summed E-state index contributed by atoms with van der Waals surface area (Å²) in [5, 5.41) is 0. The maximum Gasteiger partial charge on any atom is 0.323 e. The molecule has 0 heterocycles. The van der Waals surface area contributed by atoms with E-state index in [9.17, 15) is 38.4 Å². The van der Waals surface area contributed by atoms with Gasteiger partial charge in [0.1, 0.15) is 56.9 Å². The molecular weight excluding hydrogens is 1120 g/mol. The van der Waals surface area contributed by atoms with Gasteiger partial charge in [-0.25, -0.2) is 0 Å². The van der Waals surface area contributed by atoms with Crippen LogP contribution in [0.4, 0.5) is 0 Å². The highest BCUT2D eigenvalue weighted by molar-refractivity contribution is 5.77. The molecule has 0 aliphatic rings. The Hall–Kier alpha value is -4.32. The van der Waals surface area contributed by atoms with Gasteiger partial charge in [0.2, 0.25) is 0 Å². The molecule has 0 aliphatic heterocycles. The van der Waals surface area contributed by atoms with Gasteiger partial charge in [0.25, 0.3) is 0 Å². The molecule has 0 aromatic rings. The number of nitrogens with two attached hydrogens (primary N) is 2. The first kappa shape index (κ1) is 99.9. The van der Waals surface area contributed by atoms with Crippen LogP contribution in [0, 0.1) is 52.3 Å². The molecule has 3 atom stereocenters. The molecule has 18 nitrogen and oxygen atoms in total. The molecule has 0 aliphatic carbocycles. The van der Waals surface area contributed by atoms with E-state index in [0.29, 0.717) is 5.92 Å². The Morgan fingerprint density at radius 2 is 0.375 bits per heavy atom. The van der Waals surface area contributed by atoms with Gasteiger partial charge in [-0.15, -0.1) is 0 Å². The van der Waals surface area contributed by atoms with E-state index in [-0.39, 0.29) is 117 Å². The lowest BCUT2D eigenvalue weighted by atomic mass is 9.97. The van der Waals surface area contributed by atoms with E-state index in [2.05, 4.69) is 0 Å². The lowest BCUT2D eigenvalue weighted by molar-refractivity contribution is -0.165. The summed E-state index contributed by atoms with van der Waals surface area (Å²) in [4.78, 5) is 89.2. The molecule has 0 saturated heterocycles. The third kappa shape index (κ3) is 75.9. The predicted octanol–water partition coefficient (Wildman–Crippen LogP) is 15.9. The maximum atomic E-state index is 11.4. The van der Waals surface area contributed by atoms with Crippen molar-refractivity contribution in [2.24, 2.45) is 63.7 Å². The first-order valence-corrected chi connectivity index (χ1v) is 31.3. The fourth-order valence-electron chi connectivity index (χ4n) is 4.07. The summed E-state index contributed by atoms with van der Waals surface area (Å²) in [5.41, 5.74) is 7.37. The van der Waals surface area contributed by atoms with Gasteiger partial charge in [-0.2, -0.15) is 0 Å². The molecule has 0 bridgehead atoms. The van der Waals surface area contributed by atoms with Crippen molar-refractivity contribution in [2.75, 3.05) is 0 Å². The lowest BCUT2D eigenvalue weighted by Gasteiger charge is -2.25. The lowest BCUT2D eigenvalue weighted by Crippen LogP contribution is -2.40. The van der Waals surface area contributed by atoms with E-state index in [1.807, 2.05) is 298 Å². The largest absolute Gasteiger partial charge is 0.460 e. The second-order valence-electron chi connectivity index (χ2n) is 33.7. The van der Waals surface area contributed by atoms with Gasteiger partial charge in [0, 0.05) is 0 Å². The topological polar surface area (TPSA) is 262 Å². The minimum atomic E-state index is -0.510. The average Bonchev–Trinajstić information content (AvgIpc) is 3.21. The number of hydrogen-bond acceptors (Lipinski definition) is 18. The van der Waals surface area contributed by atoms with Crippen LogP contribution in [0.25, 0.3) is 0 Å². The zero-order valence-corrected chi connectivity index (χ0v) is 64.9. The van der Waals surface area contributed by atoms with Crippen LogP contribution in [-0.2, 0) is 76.3 Å². The van der Waals surface area contributed by atoms with Gasteiger partial charge in [-0.3, -0.25) is 38.4 Å². The average molecular weight is 1270 g/mol. The highest BCUT2D eigenvalue weighted by Gasteiger charge is 2.30. The summed E-state index contributed by atoms with van der Waals surface area (Å²) in [6.45, 7) is 80.3. The molecular formula is C70H142N2O16. The molecule has 528 valence electrons. The van der Waals surface area contributed by atoms with E-state index in [1.54, 1.807) is 0 Å². The van der Waals surface area contributed by atoms with E-state index >= 15 is 0 Å². The van der Waals surface area contributed by atoms with Crippen LogP contribution >= 0.6 is 0 Å². The summed E-state index contributed by atoms with van der Waals surface area (Å²) >= 11 is 0. The highest BCUT2D eigenvalue weighted by Crippen LogP contribution is 2.22. The smallest absolute Gasteiger partial charge is 0.323 e. The van der Waals surface area contributed by atoms with Crippen LogP contribution in [0.1, 0.15) is 298 Å². The number of carbonyl (C=O) groups excluding carboxylic acids is 8. The van der Waals surface area contributed by atoms with Crippen molar-refractivity contribution in [1.29, 1.82) is 0 Å². The monoisotopic (exact) mass is 1270 g/mol. The Morgan fingerprint density at radius 3 is 0.466 bits per heavy atom. The second kappa shape index (κ2) is 41.9. The minimum absolute atomic E-state index is 0.00998. The number of esters is 8. The summed E-state index contributed by atoms with van der Waals surface area (Å²) in [6.07, 6.45) is 0. The van der Waals surface area contributed by atoms with Crippen LogP contribution in [0.2, 0.25) is 0 Å². The van der Waals surface area contributed by atoms with Crippen molar-refractivity contribution in [3.8, 4) is 0 Å². The minimum Gasteiger partial charge on any atom is -0.460 e. The van der Waals surface area contributed by atoms with Crippen molar-refractivity contribution < 1.29 is 76.3 Å². The van der Waals surface area contributed by atoms with Gasteiger partial charge in [-0.05, 0) is 225 Å². The molecule has 0 aromatic carbocycles. The number of rotatable bonds is 9. The van der Waals surface area contributed by atoms with Crippen molar-refractivity contribution in [3.63, 3.8) is 0 Å². The van der Waals surface area contributed by atoms with Gasteiger partial charge in [0.05, 0.1) is 34.5 Å². The van der Waals surface area contributed by atoms with Crippen molar-refractivity contribution in [3.05, 3.63) is 0 Å². The number of hydrogen-bond donors (Lipinski definition) is 2. The summed E-state index contributed by atoms with van der Waals surface area (Å²) in [7, 11) is 0. The molecule has 0 aromatic heterocycles. The normalized spacial score (nSPS) is 13.2.